The highest BCUT2D eigenvalue weighted by molar-refractivity contribution is 7.12. The Morgan fingerprint density at radius 2 is 2.33 bits per heavy atom. The minimum absolute atomic E-state index is 0.126. The molecular weight excluding hydrogens is 290 g/mol. The van der Waals surface area contributed by atoms with E-state index in [1.807, 2.05) is 0 Å². The van der Waals surface area contributed by atoms with Crippen molar-refractivity contribution in [3.8, 4) is 0 Å². The summed E-state index contributed by atoms with van der Waals surface area (Å²) < 4.78 is 4.69. The number of esters is 1. The molecule has 0 saturated carbocycles. The molecule has 0 aromatic carbocycles. The van der Waals surface area contributed by atoms with Crippen LogP contribution < -0.4 is 11.1 Å². The number of anilines is 1. The Balaban J connectivity index is 1.95. The van der Waals surface area contributed by atoms with Crippen LogP contribution in [-0.4, -0.2) is 49.6 Å². The molecule has 2 rings (SSSR count). The van der Waals surface area contributed by atoms with Crippen molar-refractivity contribution in [2.24, 2.45) is 5.73 Å². The van der Waals surface area contributed by atoms with Crippen LogP contribution in [0.3, 0.4) is 0 Å². The van der Waals surface area contributed by atoms with Crippen LogP contribution in [0.1, 0.15) is 28.9 Å². The van der Waals surface area contributed by atoms with Crippen molar-refractivity contribution in [2.45, 2.75) is 25.3 Å². The van der Waals surface area contributed by atoms with E-state index >= 15 is 0 Å². The number of carbonyl (C=O) groups excluding carboxylic acids is 2. The van der Waals surface area contributed by atoms with Gasteiger partial charge in [0, 0.05) is 12.6 Å². The first-order valence-electron chi connectivity index (χ1n) is 7.05. The van der Waals surface area contributed by atoms with Crippen molar-refractivity contribution in [1.82, 2.24) is 4.90 Å². The van der Waals surface area contributed by atoms with E-state index in [0.29, 0.717) is 23.7 Å². The summed E-state index contributed by atoms with van der Waals surface area (Å²) in [6.45, 7) is 1.76. The molecule has 3 N–H and O–H groups in total. The molecule has 1 aliphatic heterocycles. The van der Waals surface area contributed by atoms with E-state index in [0.717, 1.165) is 25.8 Å². The zero-order chi connectivity index (χ0) is 15.2. The van der Waals surface area contributed by atoms with Gasteiger partial charge in [-0.1, -0.05) is 6.42 Å². The quantitative estimate of drug-likeness (QED) is 0.800. The van der Waals surface area contributed by atoms with Crippen molar-refractivity contribution >= 4 is 28.9 Å². The van der Waals surface area contributed by atoms with Crippen LogP contribution in [0, 0.1) is 0 Å². The van der Waals surface area contributed by atoms with Crippen molar-refractivity contribution < 1.29 is 14.3 Å². The van der Waals surface area contributed by atoms with Crippen molar-refractivity contribution in [2.75, 3.05) is 32.1 Å². The summed E-state index contributed by atoms with van der Waals surface area (Å²) in [5, 5.41) is 4.54. The topological polar surface area (TPSA) is 84.7 Å². The second-order valence-electron chi connectivity index (χ2n) is 5.06. The van der Waals surface area contributed by atoms with E-state index in [-0.39, 0.29) is 11.9 Å². The summed E-state index contributed by atoms with van der Waals surface area (Å²) in [7, 11) is 1.33. The molecule has 0 bridgehead atoms. The molecule has 0 spiro atoms. The van der Waals surface area contributed by atoms with Crippen LogP contribution in [0.5, 0.6) is 0 Å². The maximum atomic E-state index is 12.2. The van der Waals surface area contributed by atoms with Gasteiger partial charge in [-0.15, -0.1) is 11.3 Å². The standard InChI is InChI=1S/C14H21N3O3S/c1-20-14(19)13-11(5-7-21-13)16-12(18)9-17-6-3-2-4-10(17)8-15/h5,7,10H,2-4,6,8-9,15H2,1H3,(H,16,18). The SMILES string of the molecule is COC(=O)c1sccc1NC(=O)CN1CCCCC1CN. The Morgan fingerprint density at radius 3 is 3.05 bits per heavy atom. The van der Waals surface area contributed by atoms with Crippen molar-refractivity contribution in [3.63, 3.8) is 0 Å². The van der Waals surface area contributed by atoms with E-state index in [1.54, 1.807) is 11.4 Å². The molecule has 1 aromatic heterocycles. The Bertz CT molecular complexity index is 503. The van der Waals surface area contributed by atoms with Gasteiger partial charge in [-0.2, -0.15) is 0 Å². The number of ether oxygens (including phenoxy) is 1. The largest absolute Gasteiger partial charge is 0.465 e. The lowest BCUT2D eigenvalue weighted by Gasteiger charge is -2.34. The predicted molar refractivity (Wildman–Crippen MR) is 82.6 cm³/mol. The summed E-state index contributed by atoms with van der Waals surface area (Å²) >= 11 is 1.25. The second-order valence-corrected chi connectivity index (χ2v) is 5.98. The number of methoxy groups -OCH3 is 1. The van der Waals surface area contributed by atoms with E-state index < -0.39 is 5.97 Å². The molecule has 2 heterocycles. The number of nitrogens with zero attached hydrogens (tertiary/aromatic N) is 1. The summed E-state index contributed by atoms with van der Waals surface area (Å²) in [5.74, 6) is -0.558. The number of rotatable bonds is 5. The van der Waals surface area contributed by atoms with Gasteiger partial charge in [0.2, 0.25) is 5.91 Å². The van der Waals surface area contributed by atoms with Crippen LogP contribution in [-0.2, 0) is 9.53 Å². The lowest BCUT2D eigenvalue weighted by Crippen LogP contribution is -2.47. The van der Waals surface area contributed by atoms with Gasteiger partial charge in [0.05, 0.1) is 19.3 Å². The van der Waals surface area contributed by atoms with Crippen molar-refractivity contribution in [1.29, 1.82) is 0 Å². The van der Waals surface area contributed by atoms with Gasteiger partial charge in [-0.25, -0.2) is 4.79 Å². The number of likely N-dealkylation sites (tertiary alicyclic amines) is 1. The number of nitrogens with one attached hydrogen (secondary N) is 1. The van der Waals surface area contributed by atoms with E-state index in [4.69, 9.17) is 10.5 Å². The molecule has 1 aromatic rings. The van der Waals surface area contributed by atoms with Crippen LogP contribution in [0.2, 0.25) is 0 Å². The highest BCUT2D eigenvalue weighted by Crippen LogP contribution is 2.23. The summed E-state index contributed by atoms with van der Waals surface area (Å²) in [6.07, 6.45) is 3.29. The Labute approximate surface area is 128 Å². The van der Waals surface area contributed by atoms with Gasteiger partial charge in [0.1, 0.15) is 4.88 Å². The molecule has 7 heteroatoms. The van der Waals surface area contributed by atoms with Crippen LogP contribution in [0.4, 0.5) is 5.69 Å². The smallest absolute Gasteiger partial charge is 0.350 e. The van der Waals surface area contributed by atoms with Crippen LogP contribution in [0.25, 0.3) is 0 Å². The van der Waals surface area contributed by atoms with Gasteiger partial charge in [0.25, 0.3) is 0 Å². The Kier molecular flexibility index (Phi) is 5.72. The summed E-state index contributed by atoms with van der Waals surface area (Å²) in [4.78, 5) is 26.3. The number of piperidine rings is 1. The minimum atomic E-state index is -0.432. The first kappa shape index (κ1) is 15.9. The van der Waals surface area contributed by atoms with E-state index in [1.165, 1.54) is 18.4 Å². The zero-order valence-electron chi connectivity index (χ0n) is 12.1. The summed E-state index contributed by atoms with van der Waals surface area (Å²) in [5.41, 5.74) is 6.27. The molecule has 0 aliphatic carbocycles. The second kappa shape index (κ2) is 7.53. The fourth-order valence-corrected chi connectivity index (χ4v) is 3.33. The zero-order valence-corrected chi connectivity index (χ0v) is 12.9. The number of amides is 1. The molecular formula is C14H21N3O3S. The molecule has 1 atom stereocenters. The maximum Gasteiger partial charge on any atom is 0.350 e. The summed E-state index contributed by atoms with van der Waals surface area (Å²) in [6, 6.07) is 1.98. The number of hydrogen-bond acceptors (Lipinski definition) is 6. The molecule has 6 nitrogen and oxygen atoms in total. The number of hydrogen-bond donors (Lipinski definition) is 2. The van der Waals surface area contributed by atoms with Crippen molar-refractivity contribution in [3.05, 3.63) is 16.3 Å². The Morgan fingerprint density at radius 1 is 1.52 bits per heavy atom. The molecule has 1 fully saturated rings. The highest BCUT2D eigenvalue weighted by Gasteiger charge is 2.24. The fraction of sp³-hybridized carbons (Fsp3) is 0.571. The number of thiophene rings is 1. The Hall–Kier alpha value is -1.44. The average Bonchev–Trinajstić information content (AvgIpc) is 2.95. The highest BCUT2D eigenvalue weighted by atomic mass is 32.1. The molecule has 21 heavy (non-hydrogen) atoms. The first-order valence-corrected chi connectivity index (χ1v) is 7.93. The first-order chi connectivity index (χ1) is 10.2. The third-order valence-corrected chi connectivity index (χ3v) is 4.57. The molecule has 1 saturated heterocycles. The average molecular weight is 311 g/mol. The molecule has 116 valence electrons. The minimum Gasteiger partial charge on any atom is -0.465 e. The van der Waals surface area contributed by atoms with E-state index in [2.05, 4.69) is 10.2 Å². The van der Waals surface area contributed by atoms with Gasteiger partial charge in [-0.05, 0) is 30.8 Å². The van der Waals surface area contributed by atoms with Crippen LogP contribution in [0.15, 0.2) is 11.4 Å². The monoisotopic (exact) mass is 311 g/mol. The molecule has 1 unspecified atom stereocenters. The van der Waals surface area contributed by atoms with Gasteiger partial charge in [0.15, 0.2) is 0 Å². The molecule has 1 aliphatic rings. The van der Waals surface area contributed by atoms with Crippen LogP contribution >= 0.6 is 11.3 Å². The third kappa shape index (κ3) is 4.03. The van der Waals surface area contributed by atoms with Gasteiger partial charge >= 0.3 is 5.97 Å². The predicted octanol–water partition coefficient (Wildman–Crippen LogP) is 1.29. The lowest BCUT2D eigenvalue weighted by molar-refractivity contribution is -0.118. The van der Waals surface area contributed by atoms with Gasteiger partial charge < -0.3 is 15.8 Å². The number of carbonyl (C=O) groups is 2. The van der Waals surface area contributed by atoms with E-state index in [9.17, 15) is 9.59 Å². The van der Waals surface area contributed by atoms with Gasteiger partial charge in [-0.3, -0.25) is 9.69 Å². The number of nitrogens with two attached hydrogens (primary N) is 1. The molecule has 1 amide bonds. The third-order valence-electron chi connectivity index (χ3n) is 3.68. The lowest BCUT2D eigenvalue weighted by atomic mass is 10.0. The molecule has 0 radical (unpaired) electrons. The maximum absolute atomic E-state index is 12.2. The fourth-order valence-electron chi connectivity index (χ4n) is 2.57. The normalized spacial score (nSPS) is 19.2.